The number of rotatable bonds is 6. The predicted molar refractivity (Wildman–Crippen MR) is 85.1 cm³/mol. The van der Waals surface area contributed by atoms with Gasteiger partial charge in [0, 0.05) is 38.5 Å². The average Bonchev–Trinajstić information content (AvgIpc) is 2.77. The normalized spacial score (nSPS) is 17.8. The summed E-state index contributed by atoms with van der Waals surface area (Å²) >= 11 is 0. The van der Waals surface area contributed by atoms with Crippen LogP contribution < -0.4 is 10.2 Å². The van der Waals surface area contributed by atoms with Gasteiger partial charge in [0.1, 0.15) is 0 Å². The summed E-state index contributed by atoms with van der Waals surface area (Å²) in [6.07, 6.45) is 5.40. The van der Waals surface area contributed by atoms with Crippen LogP contribution in [0, 0.1) is 5.92 Å². The van der Waals surface area contributed by atoms with E-state index in [-0.39, 0.29) is 6.61 Å². The molecule has 3 heteroatoms. The molecule has 2 N–H and O–H groups in total. The molecule has 1 unspecified atom stereocenters. The molecule has 1 fully saturated rings. The molecule has 0 bridgehead atoms. The molecule has 2 rings (SSSR count). The number of hydrogen-bond acceptors (Lipinski definition) is 3. The van der Waals surface area contributed by atoms with Gasteiger partial charge in [-0.1, -0.05) is 31.9 Å². The molecule has 0 aromatic heterocycles. The van der Waals surface area contributed by atoms with Crippen LogP contribution in [0.3, 0.4) is 0 Å². The van der Waals surface area contributed by atoms with Gasteiger partial charge in [0.15, 0.2) is 0 Å². The first-order chi connectivity index (χ1) is 9.79. The first-order valence-corrected chi connectivity index (χ1v) is 7.95. The fourth-order valence-corrected chi connectivity index (χ4v) is 2.68. The maximum absolute atomic E-state index is 8.99. The molecule has 1 aromatic carbocycles. The van der Waals surface area contributed by atoms with Crippen molar-refractivity contribution in [3.63, 3.8) is 0 Å². The van der Waals surface area contributed by atoms with Gasteiger partial charge in [0.2, 0.25) is 0 Å². The zero-order chi connectivity index (χ0) is 14.2. The van der Waals surface area contributed by atoms with Gasteiger partial charge in [-0.15, -0.1) is 0 Å². The van der Waals surface area contributed by atoms with Crippen molar-refractivity contribution in [2.24, 2.45) is 5.92 Å². The Balaban J connectivity index is 1.82. The number of aliphatic hydroxyl groups is 1. The van der Waals surface area contributed by atoms with Crippen molar-refractivity contribution in [2.45, 2.75) is 39.2 Å². The SMILES string of the molecule is CC(CO)CNCc1ccc(N2CCCCCC2)cc1. The van der Waals surface area contributed by atoms with Gasteiger partial charge in [0.25, 0.3) is 0 Å². The van der Waals surface area contributed by atoms with Crippen LogP contribution in [0.4, 0.5) is 5.69 Å². The molecule has 1 saturated heterocycles. The van der Waals surface area contributed by atoms with Crippen molar-refractivity contribution in [2.75, 3.05) is 31.1 Å². The van der Waals surface area contributed by atoms with Crippen molar-refractivity contribution in [1.29, 1.82) is 0 Å². The van der Waals surface area contributed by atoms with E-state index in [0.29, 0.717) is 5.92 Å². The van der Waals surface area contributed by atoms with Crippen LogP contribution in [0.5, 0.6) is 0 Å². The first kappa shape index (κ1) is 15.3. The summed E-state index contributed by atoms with van der Waals surface area (Å²) in [5.74, 6) is 0.325. The minimum Gasteiger partial charge on any atom is -0.396 e. The molecule has 0 saturated carbocycles. The molecule has 0 aliphatic carbocycles. The molecule has 1 aliphatic rings. The van der Waals surface area contributed by atoms with Crippen LogP contribution in [0.25, 0.3) is 0 Å². The molecular weight excluding hydrogens is 248 g/mol. The Bertz CT molecular complexity index is 369. The van der Waals surface area contributed by atoms with Crippen LogP contribution in [0.1, 0.15) is 38.2 Å². The van der Waals surface area contributed by atoms with E-state index in [2.05, 4.69) is 41.4 Å². The monoisotopic (exact) mass is 276 g/mol. The van der Waals surface area contributed by atoms with Crippen LogP contribution in [0.2, 0.25) is 0 Å². The lowest BCUT2D eigenvalue weighted by Gasteiger charge is -2.22. The predicted octanol–water partition coefficient (Wildman–Crippen LogP) is 2.79. The number of anilines is 1. The van der Waals surface area contributed by atoms with E-state index in [4.69, 9.17) is 5.11 Å². The Morgan fingerprint density at radius 3 is 2.35 bits per heavy atom. The lowest BCUT2D eigenvalue weighted by molar-refractivity contribution is 0.233. The van der Waals surface area contributed by atoms with E-state index in [0.717, 1.165) is 13.1 Å². The highest BCUT2D eigenvalue weighted by Crippen LogP contribution is 2.19. The molecule has 1 atom stereocenters. The number of nitrogens with one attached hydrogen (secondary N) is 1. The molecular formula is C17H28N2O. The third-order valence-electron chi connectivity index (χ3n) is 4.04. The van der Waals surface area contributed by atoms with E-state index < -0.39 is 0 Å². The van der Waals surface area contributed by atoms with Crippen molar-refractivity contribution >= 4 is 5.69 Å². The molecule has 1 aliphatic heterocycles. The summed E-state index contributed by atoms with van der Waals surface area (Å²) in [5, 5.41) is 12.4. The van der Waals surface area contributed by atoms with Crippen molar-refractivity contribution in [3.8, 4) is 0 Å². The zero-order valence-corrected chi connectivity index (χ0v) is 12.6. The second-order valence-electron chi connectivity index (χ2n) is 5.99. The number of nitrogens with zero attached hydrogens (tertiary/aromatic N) is 1. The Labute approximate surface area is 123 Å². The maximum Gasteiger partial charge on any atom is 0.0468 e. The van der Waals surface area contributed by atoms with Gasteiger partial charge in [-0.3, -0.25) is 0 Å². The maximum atomic E-state index is 8.99. The van der Waals surface area contributed by atoms with E-state index in [1.165, 1.54) is 50.0 Å². The van der Waals surface area contributed by atoms with E-state index >= 15 is 0 Å². The lowest BCUT2D eigenvalue weighted by Crippen LogP contribution is -2.24. The minimum absolute atomic E-state index is 0.251. The Kier molecular flexibility index (Phi) is 6.34. The van der Waals surface area contributed by atoms with Crippen LogP contribution in [-0.2, 0) is 6.54 Å². The van der Waals surface area contributed by atoms with E-state index in [9.17, 15) is 0 Å². The largest absolute Gasteiger partial charge is 0.396 e. The topological polar surface area (TPSA) is 35.5 Å². The summed E-state index contributed by atoms with van der Waals surface area (Å²) in [6.45, 7) is 6.45. The quantitative estimate of drug-likeness (QED) is 0.838. The van der Waals surface area contributed by atoms with Crippen LogP contribution >= 0.6 is 0 Å². The highest BCUT2D eigenvalue weighted by Gasteiger charge is 2.09. The molecule has 0 spiro atoms. The summed E-state index contributed by atoms with van der Waals surface area (Å²) in [6, 6.07) is 8.93. The van der Waals surface area contributed by atoms with Gasteiger partial charge >= 0.3 is 0 Å². The molecule has 1 aromatic rings. The third kappa shape index (κ3) is 4.80. The molecule has 0 amide bonds. The zero-order valence-electron chi connectivity index (χ0n) is 12.6. The van der Waals surface area contributed by atoms with Crippen LogP contribution in [0.15, 0.2) is 24.3 Å². The van der Waals surface area contributed by atoms with E-state index in [1.807, 2.05) is 0 Å². The summed E-state index contributed by atoms with van der Waals surface area (Å²) in [7, 11) is 0. The standard InChI is InChI=1S/C17H28N2O/c1-15(14-20)12-18-13-16-6-8-17(9-7-16)19-10-4-2-3-5-11-19/h6-9,15,18,20H,2-5,10-14H2,1H3. The van der Waals surface area contributed by atoms with Crippen LogP contribution in [-0.4, -0.2) is 31.3 Å². The van der Waals surface area contributed by atoms with Crippen molar-refractivity contribution in [3.05, 3.63) is 29.8 Å². The highest BCUT2D eigenvalue weighted by atomic mass is 16.3. The van der Waals surface area contributed by atoms with Gasteiger partial charge in [-0.2, -0.15) is 0 Å². The molecule has 1 heterocycles. The Hall–Kier alpha value is -1.06. The van der Waals surface area contributed by atoms with Crippen molar-refractivity contribution < 1.29 is 5.11 Å². The van der Waals surface area contributed by atoms with Gasteiger partial charge in [0.05, 0.1) is 0 Å². The van der Waals surface area contributed by atoms with Gasteiger partial charge in [-0.05, 0) is 36.5 Å². The van der Waals surface area contributed by atoms with Crippen molar-refractivity contribution in [1.82, 2.24) is 5.32 Å². The number of hydrogen-bond donors (Lipinski definition) is 2. The smallest absolute Gasteiger partial charge is 0.0468 e. The second kappa shape index (κ2) is 8.28. The lowest BCUT2D eigenvalue weighted by atomic mass is 10.1. The Morgan fingerprint density at radius 1 is 1.10 bits per heavy atom. The summed E-state index contributed by atoms with van der Waals surface area (Å²) in [4.78, 5) is 2.51. The average molecular weight is 276 g/mol. The summed E-state index contributed by atoms with van der Waals surface area (Å²) < 4.78 is 0. The molecule has 0 radical (unpaired) electrons. The first-order valence-electron chi connectivity index (χ1n) is 7.95. The summed E-state index contributed by atoms with van der Waals surface area (Å²) in [5.41, 5.74) is 2.67. The Morgan fingerprint density at radius 2 is 1.75 bits per heavy atom. The second-order valence-corrected chi connectivity index (χ2v) is 5.99. The van der Waals surface area contributed by atoms with Gasteiger partial charge < -0.3 is 15.3 Å². The third-order valence-corrected chi connectivity index (χ3v) is 4.04. The fourth-order valence-electron chi connectivity index (χ4n) is 2.68. The van der Waals surface area contributed by atoms with Gasteiger partial charge in [-0.25, -0.2) is 0 Å². The highest BCUT2D eigenvalue weighted by molar-refractivity contribution is 5.47. The molecule has 112 valence electrons. The van der Waals surface area contributed by atoms with E-state index in [1.54, 1.807) is 0 Å². The molecule has 3 nitrogen and oxygen atoms in total. The number of benzene rings is 1. The number of aliphatic hydroxyl groups excluding tert-OH is 1. The fraction of sp³-hybridized carbons (Fsp3) is 0.647. The molecule has 20 heavy (non-hydrogen) atoms. The minimum atomic E-state index is 0.251.